The van der Waals surface area contributed by atoms with E-state index < -0.39 is 24.3 Å². The van der Waals surface area contributed by atoms with E-state index in [1.165, 1.54) is 14.2 Å². The third-order valence-electron chi connectivity index (χ3n) is 11.9. The molecule has 60 heavy (non-hydrogen) atoms. The minimum absolute atomic E-state index is 0.120. The Bertz CT molecular complexity index is 2370. The summed E-state index contributed by atoms with van der Waals surface area (Å²) < 4.78 is 4.78. The van der Waals surface area contributed by atoms with Crippen molar-refractivity contribution < 1.29 is 29.0 Å². The van der Waals surface area contributed by atoms with E-state index in [1.807, 2.05) is 81.4 Å². The van der Waals surface area contributed by atoms with Gasteiger partial charge in [0.25, 0.3) is 0 Å². The van der Waals surface area contributed by atoms with Gasteiger partial charge in [-0.05, 0) is 65.8 Å². The van der Waals surface area contributed by atoms with Crippen molar-refractivity contribution in [2.24, 2.45) is 23.7 Å². The van der Waals surface area contributed by atoms with E-state index in [0.717, 1.165) is 51.0 Å². The number of imidazole rings is 2. The maximum Gasteiger partial charge on any atom is 0.407 e. The van der Waals surface area contributed by atoms with Crippen LogP contribution in [0.25, 0.3) is 44.7 Å². The van der Waals surface area contributed by atoms with Gasteiger partial charge < -0.3 is 34.9 Å². The summed E-state index contributed by atoms with van der Waals surface area (Å²) in [6.07, 6.45) is 3.40. The average Bonchev–Trinajstić information content (AvgIpc) is 4.06. The fourth-order valence-corrected chi connectivity index (χ4v) is 8.74. The third kappa shape index (κ3) is 8.43. The molecule has 15 nitrogen and oxygen atoms in total. The van der Waals surface area contributed by atoms with Crippen LogP contribution in [0, 0.1) is 23.7 Å². The monoisotopic (exact) mass is 817 g/mol. The molecule has 5 aromatic rings. The van der Waals surface area contributed by atoms with Crippen molar-refractivity contribution >= 4 is 34.9 Å². The van der Waals surface area contributed by atoms with Crippen molar-refractivity contribution in [2.45, 2.75) is 78.6 Å². The lowest BCUT2D eigenvalue weighted by Gasteiger charge is -2.33. The molecule has 4 amide bonds. The summed E-state index contributed by atoms with van der Waals surface area (Å²) >= 11 is 0. The number of benzene rings is 2. The molecule has 0 aliphatic carbocycles. The maximum absolute atomic E-state index is 13.8. The van der Waals surface area contributed by atoms with Crippen molar-refractivity contribution in [3.05, 3.63) is 78.6 Å². The van der Waals surface area contributed by atoms with E-state index in [9.17, 15) is 24.3 Å². The molecule has 2 aromatic carbocycles. The number of carbonyl (C=O) groups is 4. The van der Waals surface area contributed by atoms with E-state index >= 15 is 0 Å². The number of H-pyrrole nitrogens is 2. The van der Waals surface area contributed by atoms with Crippen molar-refractivity contribution in [1.29, 1.82) is 0 Å². The number of methoxy groups -OCH3 is 1. The van der Waals surface area contributed by atoms with Crippen LogP contribution in [0.15, 0.2) is 67.0 Å². The van der Waals surface area contributed by atoms with Gasteiger partial charge in [-0.2, -0.15) is 0 Å². The van der Waals surface area contributed by atoms with Gasteiger partial charge in [0.15, 0.2) is 0 Å². The Morgan fingerprint density at radius 1 is 0.750 bits per heavy atom. The number of amides is 4. The third-order valence-corrected chi connectivity index (χ3v) is 11.9. The lowest BCUT2D eigenvalue weighted by atomic mass is 10.0. The summed E-state index contributed by atoms with van der Waals surface area (Å²) in [4.78, 5) is 77.4. The quantitative estimate of drug-likeness (QED) is 0.105. The van der Waals surface area contributed by atoms with Crippen molar-refractivity contribution in [2.75, 3.05) is 27.2 Å². The number of carboxylic acid groups (broad SMARTS) is 1. The Hall–Kier alpha value is -6.25. The summed E-state index contributed by atoms with van der Waals surface area (Å²) in [5.41, 5.74) is 5.98. The highest BCUT2D eigenvalue weighted by atomic mass is 16.5. The molecule has 0 bridgehead atoms. The number of aromatic amines is 2. The number of hydrogen-bond donors (Lipinski definition) is 4. The summed E-state index contributed by atoms with van der Waals surface area (Å²) in [5.74, 6) is 1.20. The Labute approximate surface area is 349 Å². The van der Waals surface area contributed by atoms with Crippen LogP contribution in [-0.2, 0) is 14.3 Å². The number of nitrogens with zero attached hydrogens (tertiary/aromatic N) is 6. The number of nitrogens with one attached hydrogen (secondary N) is 3. The molecule has 15 heteroatoms. The highest BCUT2D eigenvalue weighted by molar-refractivity contribution is 5.88. The second-order valence-electron chi connectivity index (χ2n) is 17.2. The van der Waals surface area contributed by atoms with Crippen LogP contribution < -0.4 is 5.32 Å². The van der Waals surface area contributed by atoms with Crippen molar-refractivity contribution in [1.82, 2.24) is 44.9 Å². The minimum atomic E-state index is -1.13. The summed E-state index contributed by atoms with van der Waals surface area (Å²) in [6.45, 7) is 12.8. The van der Waals surface area contributed by atoms with Crippen LogP contribution in [0.5, 0.6) is 0 Å². The first kappa shape index (κ1) is 41.9. The zero-order valence-corrected chi connectivity index (χ0v) is 35.5. The molecule has 4 N–H and O–H groups in total. The highest BCUT2D eigenvalue weighted by Crippen LogP contribution is 2.38. The predicted molar refractivity (Wildman–Crippen MR) is 227 cm³/mol. The smallest absolute Gasteiger partial charge is 0.407 e. The molecule has 6 atom stereocenters. The van der Waals surface area contributed by atoms with E-state index in [2.05, 4.69) is 47.3 Å². The molecule has 2 unspecified atom stereocenters. The normalized spacial score (nSPS) is 20.2. The standard InChI is InChI=1S/C45H55N9O6/c1-24(2)38(51-44(57)60-8)42(55)53-22-26(5)17-36(53)40-46-20-34(49-40)29-11-9-28(10-12-29)30-13-15-32-31(19-30)14-16-33(48-32)35-21-47-41(50-35)37-18-27(6)23-54(37)43(56)39(25(3)4)52(7)45(58)59/h9-16,19-21,24-27,36-39H,17-18,22-23H2,1-8H3,(H,46,49)(H,47,50)(H,51,57)(H,58,59)/t26?,27-,36?,37-,38-,39-/m0/s1. The number of fused-ring (bicyclic) bond motifs is 1. The van der Waals surface area contributed by atoms with E-state index in [4.69, 9.17) is 19.7 Å². The molecule has 0 spiro atoms. The molecule has 3 aromatic heterocycles. The first-order valence-corrected chi connectivity index (χ1v) is 20.7. The molecule has 0 radical (unpaired) electrons. The van der Waals surface area contributed by atoms with Gasteiger partial charge >= 0.3 is 12.2 Å². The predicted octanol–water partition coefficient (Wildman–Crippen LogP) is 7.52. The fraction of sp³-hybridized carbons (Fsp3) is 0.444. The minimum Gasteiger partial charge on any atom is -0.465 e. The van der Waals surface area contributed by atoms with Crippen LogP contribution >= 0.6 is 0 Å². The molecule has 316 valence electrons. The Kier molecular flexibility index (Phi) is 12.0. The van der Waals surface area contributed by atoms with Crippen molar-refractivity contribution in [3.63, 3.8) is 0 Å². The Balaban J connectivity index is 1.05. The number of rotatable bonds is 11. The SMILES string of the molecule is COC(=O)N[C@H](C(=O)N1CC(C)CC1c1nc(-c2ccc(-c3ccc4nc(-c5c[nH]c([C@@H]6C[C@H](C)CN6C(=O)[C@H](C(C)C)N(C)C(=O)O)n5)ccc4c3)cc2)c[nH]1)C(C)C. The van der Waals surface area contributed by atoms with Crippen LogP contribution in [0.4, 0.5) is 9.59 Å². The van der Waals surface area contributed by atoms with Gasteiger partial charge in [-0.3, -0.25) is 14.5 Å². The number of hydrogen-bond acceptors (Lipinski definition) is 8. The van der Waals surface area contributed by atoms with Gasteiger partial charge in [-0.1, -0.05) is 77.9 Å². The molecule has 2 saturated heterocycles. The number of aromatic nitrogens is 5. The van der Waals surface area contributed by atoms with Gasteiger partial charge in [-0.15, -0.1) is 0 Å². The van der Waals surface area contributed by atoms with Crippen molar-refractivity contribution in [3.8, 4) is 33.8 Å². The van der Waals surface area contributed by atoms with Gasteiger partial charge in [0.2, 0.25) is 11.8 Å². The first-order valence-electron chi connectivity index (χ1n) is 20.7. The lowest BCUT2D eigenvalue weighted by Crippen LogP contribution is -2.51. The van der Waals surface area contributed by atoms with Gasteiger partial charge in [0.1, 0.15) is 29.4 Å². The van der Waals surface area contributed by atoms with E-state index in [-0.39, 0.29) is 47.6 Å². The van der Waals surface area contributed by atoms with Crippen LogP contribution in [0.1, 0.15) is 78.1 Å². The molecule has 7 rings (SSSR count). The topological polar surface area (TPSA) is 190 Å². The van der Waals surface area contributed by atoms with Crippen LogP contribution in [-0.4, -0.2) is 108 Å². The maximum atomic E-state index is 13.8. The second kappa shape index (κ2) is 17.2. The summed E-state index contributed by atoms with van der Waals surface area (Å²) in [7, 11) is 2.74. The molecular weight excluding hydrogens is 763 g/mol. The van der Waals surface area contributed by atoms with Gasteiger partial charge in [0.05, 0.1) is 36.1 Å². The fourth-order valence-electron chi connectivity index (χ4n) is 8.74. The summed E-state index contributed by atoms with van der Waals surface area (Å²) in [6, 6.07) is 16.3. The molecule has 2 aliphatic heterocycles. The summed E-state index contributed by atoms with van der Waals surface area (Å²) in [5, 5.41) is 13.3. The number of carbonyl (C=O) groups excluding carboxylic acids is 3. The number of pyridine rings is 1. The van der Waals surface area contributed by atoms with E-state index in [0.29, 0.717) is 36.1 Å². The number of ether oxygens (including phenoxy) is 1. The number of likely N-dealkylation sites (N-methyl/N-ethyl adjacent to an activating group) is 1. The van der Waals surface area contributed by atoms with Gasteiger partial charge in [0, 0.05) is 43.5 Å². The number of alkyl carbamates (subject to hydrolysis) is 1. The van der Waals surface area contributed by atoms with Gasteiger partial charge in [-0.25, -0.2) is 24.5 Å². The molecule has 2 fully saturated rings. The molecular formula is C45H55N9O6. The Morgan fingerprint density at radius 3 is 1.90 bits per heavy atom. The Morgan fingerprint density at radius 2 is 1.32 bits per heavy atom. The first-order chi connectivity index (χ1) is 28.6. The highest BCUT2D eigenvalue weighted by Gasteiger charge is 2.42. The number of likely N-dealkylation sites (tertiary alicyclic amines) is 2. The largest absolute Gasteiger partial charge is 0.465 e. The lowest BCUT2D eigenvalue weighted by molar-refractivity contribution is -0.138. The molecule has 2 aliphatic rings. The van der Waals surface area contributed by atoms with E-state index in [1.54, 1.807) is 4.90 Å². The zero-order chi connectivity index (χ0) is 43.0. The van der Waals surface area contributed by atoms with Crippen LogP contribution in [0.2, 0.25) is 0 Å². The average molecular weight is 818 g/mol. The van der Waals surface area contributed by atoms with Crippen LogP contribution in [0.3, 0.4) is 0 Å². The molecule has 5 heterocycles. The zero-order valence-electron chi connectivity index (χ0n) is 35.5. The second-order valence-corrected chi connectivity index (χ2v) is 17.2. The molecule has 0 saturated carbocycles.